The van der Waals surface area contributed by atoms with Crippen LogP contribution in [0, 0.1) is 18.7 Å². The molecule has 0 unspecified atom stereocenters. The van der Waals surface area contributed by atoms with Gasteiger partial charge in [-0.1, -0.05) is 37.3 Å². The highest BCUT2D eigenvalue weighted by atomic mass is 32.1. The monoisotopic (exact) mass is 289 g/mol. The van der Waals surface area contributed by atoms with Crippen LogP contribution in [0.2, 0.25) is 0 Å². The maximum absolute atomic E-state index is 13.6. The van der Waals surface area contributed by atoms with Crippen LogP contribution >= 0.6 is 11.3 Å². The van der Waals surface area contributed by atoms with Crippen molar-refractivity contribution in [3.8, 4) is 11.3 Å². The van der Waals surface area contributed by atoms with E-state index in [-0.39, 0.29) is 5.82 Å². The van der Waals surface area contributed by atoms with E-state index < -0.39 is 0 Å². The molecule has 0 atom stereocenters. The molecule has 0 bridgehead atoms. The Morgan fingerprint density at radius 2 is 2.15 bits per heavy atom. The van der Waals surface area contributed by atoms with Crippen molar-refractivity contribution in [3.05, 3.63) is 40.8 Å². The van der Waals surface area contributed by atoms with Crippen molar-refractivity contribution in [3.63, 3.8) is 0 Å². The SMILES string of the molecule is Cc1ccc(-c2cn3nc(CC(C)C)sc3n2)cc1F. The van der Waals surface area contributed by atoms with E-state index in [4.69, 9.17) is 0 Å². The van der Waals surface area contributed by atoms with E-state index in [1.165, 1.54) is 6.07 Å². The molecule has 0 aliphatic rings. The second-order valence-corrected chi connectivity index (χ2v) is 6.45. The average molecular weight is 289 g/mol. The predicted molar refractivity (Wildman–Crippen MR) is 79.5 cm³/mol. The Kier molecular flexibility index (Phi) is 3.30. The lowest BCUT2D eigenvalue weighted by molar-refractivity contribution is 0.619. The third kappa shape index (κ3) is 2.45. The first kappa shape index (κ1) is 13.2. The van der Waals surface area contributed by atoms with Crippen molar-refractivity contribution in [2.24, 2.45) is 5.92 Å². The van der Waals surface area contributed by atoms with Crippen LogP contribution in [0.25, 0.3) is 16.2 Å². The van der Waals surface area contributed by atoms with Gasteiger partial charge in [0.1, 0.15) is 10.8 Å². The van der Waals surface area contributed by atoms with E-state index in [0.29, 0.717) is 11.5 Å². The van der Waals surface area contributed by atoms with Gasteiger partial charge < -0.3 is 0 Å². The van der Waals surface area contributed by atoms with Crippen molar-refractivity contribution >= 4 is 16.3 Å². The van der Waals surface area contributed by atoms with Gasteiger partial charge in [-0.15, -0.1) is 0 Å². The van der Waals surface area contributed by atoms with Gasteiger partial charge in [0.2, 0.25) is 4.96 Å². The fourth-order valence-corrected chi connectivity index (χ4v) is 3.15. The van der Waals surface area contributed by atoms with Gasteiger partial charge in [0.05, 0.1) is 11.9 Å². The van der Waals surface area contributed by atoms with Crippen LogP contribution in [0.15, 0.2) is 24.4 Å². The van der Waals surface area contributed by atoms with E-state index in [0.717, 1.165) is 27.6 Å². The molecule has 0 saturated heterocycles. The van der Waals surface area contributed by atoms with Gasteiger partial charge >= 0.3 is 0 Å². The molecule has 0 fully saturated rings. The predicted octanol–water partition coefficient (Wildman–Crippen LogP) is 4.10. The van der Waals surface area contributed by atoms with Crippen LogP contribution in [0.1, 0.15) is 24.4 Å². The molecule has 104 valence electrons. The second kappa shape index (κ2) is 4.98. The Labute approximate surface area is 121 Å². The molecular formula is C15H16FN3S. The summed E-state index contributed by atoms with van der Waals surface area (Å²) in [7, 11) is 0. The van der Waals surface area contributed by atoms with Gasteiger partial charge in [0.15, 0.2) is 0 Å². The Morgan fingerprint density at radius 1 is 1.35 bits per heavy atom. The molecule has 0 aliphatic carbocycles. The molecule has 0 aliphatic heterocycles. The molecule has 0 N–H and O–H groups in total. The topological polar surface area (TPSA) is 30.2 Å². The highest BCUT2D eigenvalue weighted by Gasteiger charge is 2.11. The minimum atomic E-state index is -0.202. The molecule has 20 heavy (non-hydrogen) atoms. The Balaban J connectivity index is 1.96. The number of hydrogen-bond acceptors (Lipinski definition) is 3. The van der Waals surface area contributed by atoms with E-state index >= 15 is 0 Å². The van der Waals surface area contributed by atoms with Gasteiger partial charge in [0, 0.05) is 12.0 Å². The van der Waals surface area contributed by atoms with Gasteiger partial charge in [-0.2, -0.15) is 5.10 Å². The molecule has 3 rings (SSSR count). The average Bonchev–Trinajstić information content (AvgIpc) is 2.89. The minimum Gasteiger partial charge on any atom is -0.217 e. The molecule has 3 nitrogen and oxygen atoms in total. The van der Waals surface area contributed by atoms with Crippen LogP contribution in [-0.4, -0.2) is 14.6 Å². The maximum Gasteiger partial charge on any atom is 0.212 e. The lowest BCUT2D eigenvalue weighted by Gasteiger charge is -1.99. The molecule has 0 amide bonds. The maximum atomic E-state index is 13.6. The summed E-state index contributed by atoms with van der Waals surface area (Å²) in [6.45, 7) is 6.10. The van der Waals surface area contributed by atoms with Crippen LogP contribution in [0.4, 0.5) is 4.39 Å². The summed E-state index contributed by atoms with van der Waals surface area (Å²) >= 11 is 1.60. The molecule has 5 heteroatoms. The van der Waals surface area contributed by atoms with Crippen molar-refractivity contribution in [2.45, 2.75) is 27.2 Å². The lowest BCUT2D eigenvalue weighted by Crippen LogP contribution is -1.94. The molecule has 2 aromatic heterocycles. The Bertz CT molecular complexity index is 726. The first-order valence-electron chi connectivity index (χ1n) is 6.64. The number of nitrogens with zero attached hydrogens (tertiary/aromatic N) is 3. The number of benzene rings is 1. The van der Waals surface area contributed by atoms with Crippen LogP contribution < -0.4 is 0 Å². The van der Waals surface area contributed by atoms with Crippen molar-refractivity contribution in [2.75, 3.05) is 0 Å². The summed E-state index contributed by atoms with van der Waals surface area (Å²) in [6.07, 6.45) is 2.82. The van der Waals surface area contributed by atoms with E-state index in [2.05, 4.69) is 23.9 Å². The summed E-state index contributed by atoms with van der Waals surface area (Å²) in [5, 5.41) is 5.61. The van der Waals surface area contributed by atoms with E-state index in [9.17, 15) is 4.39 Å². The number of aryl methyl sites for hydroxylation is 1. The lowest BCUT2D eigenvalue weighted by atomic mass is 10.1. The molecule has 2 heterocycles. The zero-order valence-corrected chi connectivity index (χ0v) is 12.5. The molecule has 0 saturated carbocycles. The number of imidazole rings is 1. The van der Waals surface area contributed by atoms with Crippen LogP contribution in [-0.2, 0) is 6.42 Å². The highest BCUT2D eigenvalue weighted by molar-refractivity contribution is 7.16. The van der Waals surface area contributed by atoms with Crippen molar-refractivity contribution in [1.29, 1.82) is 0 Å². The molecule has 0 spiro atoms. The summed E-state index contributed by atoms with van der Waals surface area (Å²) in [4.78, 5) is 5.39. The zero-order chi connectivity index (χ0) is 14.3. The highest BCUT2D eigenvalue weighted by Crippen LogP contribution is 2.24. The summed E-state index contributed by atoms with van der Waals surface area (Å²) in [5.74, 6) is 0.379. The Morgan fingerprint density at radius 3 is 2.80 bits per heavy atom. The quantitative estimate of drug-likeness (QED) is 0.726. The van der Waals surface area contributed by atoms with Gasteiger partial charge in [-0.3, -0.25) is 0 Å². The number of rotatable bonds is 3. The first-order valence-corrected chi connectivity index (χ1v) is 7.46. The summed E-state index contributed by atoms with van der Waals surface area (Å²) < 4.78 is 15.4. The van der Waals surface area contributed by atoms with Gasteiger partial charge in [-0.25, -0.2) is 13.9 Å². The van der Waals surface area contributed by atoms with Crippen LogP contribution in [0.5, 0.6) is 0 Å². The van der Waals surface area contributed by atoms with Gasteiger partial charge in [-0.05, 0) is 24.5 Å². The summed E-state index contributed by atoms with van der Waals surface area (Å²) in [5.41, 5.74) is 2.20. The first-order chi connectivity index (χ1) is 9.52. The molecule has 0 radical (unpaired) electrons. The zero-order valence-electron chi connectivity index (χ0n) is 11.7. The number of fused-ring (bicyclic) bond motifs is 1. The number of hydrogen-bond donors (Lipinski definition) is 0. The fourth-order valence-electron chi connectivity index (χ4n) is 2.06. The normalized spacial score (nSPS) is 11.7. The van der Waals surface area contributed by atoms with Crippen LogP contribution in [0.3, 0.4) is 0 Å². The number of aromatic nitrogens is 3. The van der Waals surface area contributed by atoms with Gasteiger partial charge in [0.25, 0.3) is 0 Å². The van der Waals surface area contributed by atoms with E-state index in [1.54, 1.807) is 28.8 Å². The molecule has 1 aromatic carbocycles. The minimum absolute atomic E-state index is 0.202. The number of halogens is 1. The smallest absolute Gasteiger partial charge is 0.212 e. The summed E-state index contributed by atoms with van der Waals surface area (Å²) in [6, 6.07) is 5.19. The molecule has 3 aromatic rings. The Hall–Kier alpha value is -1.75. The largest absolute Gasteiger partial charge is 0.217 e. The second-order valence-electron chi connectivity index (χ2n) is 5.41. The standard InChI is InChI=1S/C15H16FN3S/c1-9(2)6-14-18-19-8-13(17-15(19)20-14)11-5-4-10(3)12(16)7-11/h4-5,7-9H,6H2,1-3H3. The fraction of sp³-hybridized carbons (Fsp3) is 0.333. The molecular weight excluding hydrogens is 273 g/mol. The van der Waals surface area contributed by atoms with Crippen molar-refractivity contribution in [1.82, 2.24) is 14.6 Å². The van der Waals surface area contributed by atoms with E-state index in [1.807, 2.05) is 12.3 Å². The van der Waals surface area contributed by atoms with Crippen molar-refractivity contribution < 1.29 is 4.39 Å². The third-order valence-electron chi connectivity index (χ3n) is 3.14. The third-order valence-corrected chi connectivity index (χ3v) is 4.08.